The van der Waals surface area contributed by atoms with Gasteiger partial charge in [-0.15, -0.1) is 0 Å². The minimum atomic E-state index is -0.446. The highest BCUT2D eigenvalue weighted by Gasteiger charge is 2.37. The summed E-state index contributed by atoms with van der Waals surface area (Å²) in [7, 11) is 1.36. The van der Waals surface area contributed by atoms with E-state index in [1.807, 2.05) is 6.92 Å². The van der Waals surface area contributed by atoms with Gasteiger partial charge in [-0.3, -0.25) is 9.59 Å². The van der Waals surface area contributed by atoms with E-state index in [9.17, 15) is 9.59 Å². The molecule has 0 aromatic carbocycles. The SMILES string of the molecule is COC(=O)[C@H](C)[C@H]1CC[C@@](C)(C/C=C/C(C)=O)OO1. The molecule has 0 N–H and O–H groups in total. The zero-order valence-electron chi connectivity index (χ0n) is 12.0. The largest absolute Gasteiger partial charge is 0.469 e. The minimum Gasteiger partial charge on any atom is -0.469 e. The molecule has 0 spiro atoms. The number of methoxy groups -OCH3 is 1. The van der Waals surface area contributed by atoms with Gasteiger partial charge in [-0.2, -0.15) is 0 Å². The van der Waals surface area contributed by atoms with Crippen molar-refractivity contribution >= 4 is 11.8 Å². The average Bonchev–Trinajstić information content (AvgIpc) is 2.37. The Hall–Kier alpha value is -1.20. The molecule has 19 heavy (non-hydrogen) atoms. The fraction of sp³-hybridized carbons (Fsp3) is 0.714. The maximum absolute atomic E-state index is 11.4. The Morgan fingerprint density at radius 1 is 1.53 bits per heavy atom. The van der Waals surface area contributed by atoms with Crippen molar-refractivity contribution in [3.8, 4) is 0 Å². The first-order valence-electron chi connectivity index (χ1n) is 6.47. The lowest BCUT2D eigenvalue weighted by molar-refractivity contribution is -0.409. The van der Waals surface area contributed by atoms with Crippen LogP contribution in [-0.4, -0.2) is 30.6 Å². The molecule has 5 heteroatoms. The molecule has 0 bridgehead atoms. The van der Waals surface area contributed by atoms with Crippen molar-refractivity contribution in [1.29, 1.82) is 0 Å². The van der Waals surface area contributed by atoms with Crippen LogP contribution in [-0.2, 0) is 24.1 Å². The second kappa shape index (κ2) is 6.82. The molecule has 0 aliphatic carbocycles. The third kappa shape index (κ3) is 4.76. The predicted octanol–water partition coefficient (Wildman–Crippen LogP) is 2.20. The summed E-state index contributed by atoms with van der Waals surface area (Å²) < 4.78 is 4.69. The van der Waals surface area contributed by atoms with E-state index < -0.39 is 5.60 Å². The molecule has 108 valence electrons. The first kappa shape index (κ1) is 15.9. The summed E-state index contributed by atoms with van der Waals surface area (Å²) in [4.78, 5) is 33.0. The highest BCUT2D eigenvalue weighted by Crippen LogP contribution is 2.32. The van der Waals surface area contributed by atoms with Gasteiger partial charge >= 0.3 is 5.97 Å². The summed E-state index contributed by atoms with van der Waals surface area (Å²) in [5.74, 6) is -0.631. The lowest BCUT2D eigenvalue weighted by Crippen LogP contribution is -2.41. The number of hydrogen-bond donors (Lipinski definition) is 0. The second-order valence-corrected chi connectivity index (χ2v) is 5.24. The number of ether oxygens (including phenoxy) is 1. The van der Waals surface area contributed by atoms with Crippen LogP contribution in [0, 0.1) is 5.92 Å². The predicted molar refractivity (Wildman–Crippen MR) is 69.2 cm³/mol. The smallest absolute Gasteiger partial charge is 0.311 e. The van der Waals surface area contributed by atoms with Crippen LogP contribution < -0.4 is 0 Å². The summed E-state index contributed by atoms with van der Waals surface area (Å²) in [6, 6.07) is 0. The summed E-state index contributed by atoms with van der Waals surface area (Å²) in [5, 5.41) is 0. The van der Waals surface area contributed by atoms with E-state index in [-0.39, 0.29) is 23.8 Å². The van der Waals surface area contributed by atoms with Gasteiger partial charge < -0.3 is 4.74 Å². The average molecular weight is 270 g/mol. The van der Waals surface area contributed by atoms with Crippen molar-refractivity contribution in [3.05, 3.63) is 12.2 Å². The number of ketones is 1. The van der Waals surface area contributed by atoms with Gasteiger partial charge in [-0.1, -0.05) is 6.08 Å². The molecule has 3 atom stereocenters. The van der Waals surface area contributed by atoms with Crippen molar-refractivity contribution < 1.29 is 24.1 Å². The van der Waals surface area contributed by atoms with Crippen molar-refractivity contribution in [2.45, 2.75) is 51.7 Å². The van der Waals surface area contributed by atoms with E-state index in [1.54, 1.807) is 13.0 Å². The molecule has 5 nitrogen and oxygen atoms in total. The molecule has 0 radical (unpaired) electrons. The molecule has 0 saturated carbocycles. The number of allylic oxidation sites excluding steroid dienone is 1. The number of carbonyl (C=O) groups is 2. The van der Waals surface area contributed by atoms with Crippen molar-refractivity contribution in [3.63, 3.8) is 0 Å². The maximum Gasteiger partial charge on any atom is 0.311 e. The monoisotopic (exact) mass is 270 g/mol. The molecule has 1 heterocycles. The zero-order valence-corrected chi connectivity index (χ0v) is 12.0. The Balaban J connectivity index is 2.47. The van der Waals surface area contributed by atoms with Gasteiger partial charge in [0.25, 0.3) is 0 Å². The Morgan fingerprint density at radius 2 is 2.21 bits per heavy atom. The Labute approximate surface area is 113 Å². The van der Waals surface area contributed by atoms with Gasteiger partial charge in [0.15, 0.2) is 5.78 Å². The maximum atomic E-state index is 11.4. The highest BCUT2D eigenvalue weighted by atomic mass is 17.2. The molecule has 0 amide bonds. The molecule has 1 fully saturated rings. The number of esters is 1. The Bertz CT molecular complexity index is 353. The molecule has 0 aromatic rings. The molecular formula is C14H22O5. The van der Waals surface area contributed by atoms with E-state index in [0.717, 1.165) is 12.8 Å². The molecule has 1 saturated heterocycles. The lowest BCUT2D eigenvalue weighted by atomic mass is 9.89. The normalized spacial score (nSPS) is 29.2. The number of carbonyl (C=O) groups excluding carboxylic acids is 2. The third-order valence-electron chi connectivity index (χ3n) is 3.36. The van der Waals surface area contributed by atoms with Gasteiger partial charge in [0.2, 0.25) is 0 Å². The minimum absolute atomic E-state index is 0.0116. The van der Waals surface area contributed by atoms with E-state index in [2.05, 4.69) is 4.74 Å². The van der Waals surface area contributed by atoms with E-state index >= 15 is 0 Å². The number of rotatable bonds is 5. The van der Waals surface area contributed by atoms with Gasteiger partial charge in [0, 0.05) is 0 Å². The van der Waals surface area contributed by atoms with Crippen molar-refractivity contribution in [2.75, 3.05) is 7.11 Å². The fourth-order valence-corrected chi connectivity index (χ4v) is 2.00. The quantitative estimate of drug-likeness (QED) is 0.435. The van der Waals surface area contributed by atoms with Gasteiger partial charge in [-0.25, -0.2) is 9.78 Å². The molecule has 1 aliphatic rings. The van der Waals surface area contributed by atoms with Gasteiger partial charge in [0.05, 0.1) is 13.0 Å². The Morgan fingerprint density at radius 3 is 2.68 bits per heavy atom. The topological polar surface area (TPSA) is 61.8 Å². The third-order valence-corrected chi connectivity index (χ3v) is 3.36. The fourth-order valence-electron chi connectivity index (χ4n) is 2.00. The van der Waals surface area contributed by atoms with Crippen LogP contribution in [0.5, 0.6) is 0 Å². The van der Waals surface area contributed by atoms with Crippen LogP contribution in [0.25, 0.3) is 0 Å². The van der Waals surface area contributed by atoms with Crippen LogP contribution in [0.2, 0.25) is 0 Å². The zero-order chi connectivity index (χ0) is 14.5. The lowest BCUT2D eigenvalue weighted by Gasteiger charge is -2.36. The van der Waals surface area contributed by atoms with Crippen LogP contribution in [0.3, 0.4) is 0 Å². The highest BCUT2D eigenvalue weighted by molar-refractivity contribution is 5.87. The molecule has 1 aliphatic heterocycles. The summed E-state index contributed by atoms with van der Waals surface area (Å²) in [6.45, 7) is 5.19. The molecule has 0 unspecified atom stereocenters. The van der Waals surface area contributed by atoms with Crippen LogP contribution >= 0.6 is 0 Å². The van der Waals surface area contributed by atoms with Gasteiger partial charge in [0.1, 0.15) is 11.7 Å². The summed E-state index contributed by atoms with van der Waals surface area (Å²) in [6.07, 6.45) is 5.12. The molecular weight excluding hydrogens is 248 g/mol. The summed E-state index contributed by atoms with van der Waals surface area (Å²) >= 11 is 0. The van der Waals surface area contributed by atoms with E-state index in [1.165, 1.54) is 20.1 Å². The number of hydrogen-bond acceptors (Lipinski definition) is 5. The van der Waals surface area contributed by atoms with Crippen molar-refractivity contribution in [1.82, 2.24) is 0 Å². The van der Waals surface area contributed by atoms with Gasteiger partial charge in [-0.05, 0) is 46.1 Å². The van der Waals surface area contributed by atoms with Crippen molar-refractivity contribution in [2.24, 2.45) is 5.92 Å². The van der Waals surface area contributed by atoms with Crippen LogP contribution in [0.15, 0.2) is 12.2 Å². The van der Waals surface area contributed by atoms with Crippen LogP contribution in [0.1, 0.15) is 40.0 Å². The van der Waals surface area contributed by atoms with E-state index in [0.29, 0.717) is 6.42 Å². The van der Waals surface area contributed by atoms with Crippen LogP contribution in [0.4, 0.5) is 0 Å². The van der Waals surface area contributed by atoms with E-state index in [4.69, 9.17) is 9.78 Å². The molecule has 1 rings (SSSR count). The summed E-state index contributed by atoms with van der Waals surface area (Å²) in [5.41, 5.74) is -0.446. The second-order valence-electron chi connectivity index (χ2n) is 5.24. The standard InChI is InChI=1S/C14H22O5/c1-10(15)6-5-8-14(3)9-7-12(18-19-14)11(2)13(16)17-4/h5-6,11-12H,7-9H2,1-4H3/b6-5+/t11-,12-,14-/m1/s1. The first-order chi connectivity index (χ1) is 8.88. The first-order valence-corrected chi connectivity index (χ1v) is 6.47. The molecule has 0 aromatic heterocycles. The Kier molecular flexibility index (Phi) is 5.69.